The molecule has 0 heterocycles. The van der Waals surface area contributed by atoms with E-state index < -0.39 is 17.3 Å². The summed E-state index contributed by atoms with van der Waals surface area (Å²) in [6, 6.07) is 0. The molecule has 0 spiro atoms. The number of carbonyl (C=O) groups is 2. The van der Waals surface area contributed by atoms with Crippen molar-refractivity contribution in [2.24, 2.45) is 11.1 Å². The van der Waals surface area contributed by atoms with Gasteiger partial charge >= 0.3 is 5.97 Å². The molecular weight excluding hydrogens is 170 g/mol. The van der Waals surface area contributed by atoms with Crippen molar-refractivity contribution in [3.05, 3.63) is 23.3 Å². The summed E-state index contributed by atoms with van der Waals surface area (Å²) in [5.74, 6) is -1.58. The van der Waals surface area contributed by atoms with Gasteiger partial charge in [-0.05, 0) is 24.5 Å². The van der Waals surface area contributed by atoms with Gasteiger partial charge in [-0.2, -0.15) is 0 Å². The van der Waals surface area contributed by atoms with E-state index in [9.17, 15) is 9.59 Å². The fourth-order valence-corrected chi connectivity index (χ4v) is 2.02. The van der Waals surface area contributed by atoms with Gasteiger partial charge in [0.25, 0.3) is 0 Å². The molecule has 2 aliphatic carbocycles. The Hall–Kier alpha value is -1.58. The minimum absolute atomic E-state index is 0.150. The van der Waals surface area contributed by atoms with E-state index in [1.165, 1.54) is 0 Å². The van der Waals surface area contributed by atoms with Gasteiger partial charge in [0.15, 0.2) is 0 Å². The topological polar surface area (TPSA) is 80.4 Å². The number of amides is 1. The van der Waals surface area contributed by atoms with Crippen molar-refractivity contribution < 1.29 is 14.7 Å². The molecule has 2 aliphatic rings. The maximum atomic E-state index is 11.2. The zero-order valence-electron chi connectivity index (χ0n) is 6.91. The van der Waals surface area contributed by atoms with E-state index in [4.69, 9.17) is 10.8 Å². The first-order valence-corrected chi connectivity index (χ1v) is 4.01. The Morgan fingerprint density at radius 2 is 2.23 bits per heavy atom. The number of carboxylic acids is 1. The Balaban J connectivity index is 2.49. The number of hydrogen-bond donors (Lipinski definition) is 2. The lowest BCUT2D eigenvalue weighted by Gasteiger charge is -2.22. The van der Waals surface area contributed by atoms with E-state index in [-0.39, 0.29) is 5.57 Å². The molecule has 4 nitrogen and oxygen atoms in total. The third-order valence-electron chi connectivity index (χ3n) is 2.77. The number of nitrogens with two attached hydrogens (primary N) is 1. The Bertz CT molecular complexity index is 367. The fraction of sp³-hybridized carbons (Fsp3) is 0.333. The van der Waals surface area contributed by atoms with Crippen LogP contribution in [0.4, 0.5) is 0 Å². The van der Waals surface area contributed by atoms with Crippen LogP contribution in [0.25, 0.3) is 0 Å². The van der Waals surface area contributed by atoms with Gasteiger partial charge in [0, 0.05) is 0 Å². The third-order valence-corrected chi connectivity index (χ3v) is 2.77. The molecule has 13 heavy (non-hydrogen) atoms. The van der Waals surface area contributed by atoms with E-state index in [0.29, 0.717) is 12.8 Å². The monoisotopic (exact) mass is 179 g/mol. The quantitative estimate of drug-likeness (QED) is 0.635. The Kier molecular flexibility index (Phi) is 1.37. The van der Waals surface area contributed by atoms with Gasteiger partial charge in [-0.25, -0.2) is 4.79 Å². The summed E-state index contributed by atoms with van der Waals surface area (Å²) in [4.78, 5) is 22.0. The predicted molar refractivity (Wildman–Crippen MR) is 44.7 cm³/mol. The second kappa shape index (κ2) is 2.22. The lowest BCUT2D eigenvalue weighted by atomic mass is 9.79. The normalized spacial score (nSPS) is 29.8. The molecule has 1 amide bonds. The number of fused-ring (bicyclic) bond motifs is 2. The molecule has 0 saturated carbocycles. The average molecular weight is 179 g/mol. The van der Waals surface area contributed by atoms with Crippen LogP contribution in [0.5, 0.6) is 0 Å². The van der Waals surface area contributed by atoms with Crippen LogP contribution in [-0.4, -0.2) is 17.0 Å². The lowest BCUT2D eigenvalue weighted by Crippen LogP contribution is -2.37. The van der Waals surface area contributed by atoms with E-state index in [0.717, 1.165) is 5.57 Å². The molecule has 0 aromatic heterocycles. The molecule has 1 unspecified atom stereocenters. The highest BCUT2D eigenvalue weighted by Crippen LogP contribution is 2.49. The van der Waals surface area contributed by atoms with Crippen LogP contribution >= 0.6 is 0 Å². The number of aliphatic carboxylic acids is 1. The van der Waals surface area contributed by atoms with E-state index >= 15 is 0 Å². The molecule has 1 atom stereocenters. The van der Waals surface area contributed by atoms with Crippen LogP contribution in [0.2, 0.25) is 0 Å². The van der Waals surface area contributed by atoms with Crippen molar-refractivity contribution in [2.75, 3.05) is 0 Å². The van der Waals surface area contributed by atoms with Gasteiger partial charge in [-0.15, -0.1) is 0 Å². The molecule has 4 heteroatoms. The first kappa shape index (κ1) is 8.04. The Morgan fingerprint density at radius 1 is 1.54 bits per heavy atom. The van der Waals surface area contributed by atoms with Gasteiger partial charge in [-0.3, -0.25) is 4.79 Å². The van der Waals surface area contributed by atoms with Crippen molar-refractivity contribution in [2.45, 2.75) is 12.8 Å². The van der Waals surface area contributed by atoms with Crippen LogP contribution in [0.1, 0.15) is 12.8 Å². The van der Waals surface area contributed by atoms with Crippen LogP contribution in [0.3, 0.4) is 0 Å². The van der Waals surface area contributed by atoms with E-state index in [2.05, 4.69) is 0 Å². The number of carboxylic acid groups (broad SMARTS) is 1. The van der Waals surface area contributed by atoms with Gasteiger partial charge in [0.2, 0.25) is 5.91 Å². The highest BCUT2D eigenvalue weighted by molar-refractivity contribution is 6.01. The molecule has 0 fully saturated rings. The van der Waals surface area contributed by atoms with Crippen LogP contribution in [-0.2, 0) is 9.59 Å². The summed E-state index contributed by atoms with van der Waals surface area (Å²) >= 11 is 0. The molecule has 0 aliphatic heterocycles. The molecule has 0 aromatic rings. The summed E-state index contributed by atoms with van der Waals surface area (Å²) in [7, 11) is 0. The first-order chi connectivity index (χ1) is 6.06. The van der Waals surface area contributed by atoms with Crippen molar-refractivity contribution in [1.29, 1.82) is 0 Å². The maximum Gasteiger partial charge on any atom is 0.332 e. The number of carbonyl (C=O) groups excluding carboxylic acids is 1. The SMILES string of the molecule is NC(=O)C12CC=C(C=C1C(=O)O)C2. The number of hydrogen-bond acceptors (Lipinski definition) is 2. The summed E-state index contributed by atoms with van der Waals surface area (Å²) in [6.07, 6.45) is 4.33. The molecule has 0 saturated heterocycles. The lowest BCUT2D eigenvalue weighted by molar-refractivity contribution is -0.137. The predicted octanol–water partition coefficient (Wildman–Crippen LogP) is 0.203. The second-order valence-electron chi connectivity index (χ2n) is 3.47. The van der Waals surface area contributed by atoms with Crippen LogP contribution in [0.15, 0.2) is 23.3 Å². The zero-order chi connectivity index (χ0) is 9.64. The second-order valence-corrected chi connectivity index (χ2v) is 3.47. The third kappa shape index (κ3) is 0.854. The maximum absolute atomic E-state index is 11.2. The Labute approximate surface area is 74.7 Å². The van der Waals surface area contributed by atoms with Crippen LogP contribution in [0, 0.1) is 5.41 Å². The largest absolute Gasteiger partial charge is 0.478 e. The molecule has 2 bridgehead atoms. The van der Waals surface area contributed by atoms with Gasteiger partial charge in [-0.1, -0.05) is 6.08 Å². The van der Waals surface area contributed by atoms with E-state index in [1.807, 2.05) is 6.08 Å². The molecule has 3 N–H and O–H groups in total. The standard InChI is InChI=1S/C9H9NO3/c10-8(13)9-2-1-5(4-9)3-6(9)7(11)12/h1,3H,2,4H2,(H2,10,13)(H,11,12). The minimum Gasteiger partial charge on any atom is -0.478 e. The van der Waals surface area contributed by atoms with E-state index in [1.54, 1.807) is 6.08 Å². The zero-order valence-corrected chi connectivity index (χ0v) is 6.91. The number of rotatable bonds is 2. The Morgan fingerprint density at radius 3 is 2.62 bits per heavy atom. The molecule has 2 rings (SSSR count). The van der Waals surface area contributed by atoms with Crippen molar-refractivity contribution in [3.8, 4) is 0 Å². The van der Waals surface area contributed by atoms with Crippen molar-refractivity contribution in [1.82, 2.24) is 0 Å². The summed E-state index contributed by atoms with van der Waals surface area (Å²) in [5, 5.41) is 8.85. The van der Waals surface area contributed by atoms with Crippen molar-refractivity contribution >= 4 is 11.9 Å². The fourth-order valence-electron chi connectivity index (χ4n) is 2.02. The summed E-state index contributed by atoms with van der Waals surface area (Å²) < 4.78 is 0. The highest BCUT2D eigenvalue weighted by atomic mass is 16.4. The highest BCUT2D eigenvalue weighted by Gasteiger charge is 2.50. The van der Waals surface area contributed by atoms with Gasteiger partial charge in [0.1, 0.15) is 0 Å². The van der Waals surface area contributed by atoms with Crippen molar-refractivity contribution in [3.63, 3.8) is 0 Å². The summed E-state index contributed by atoms with van der Waals surface area (Å²) in [5.41, 5.74) is 5.34. The molecular formula is C9H9NO3. The summed E-state index contributed by atoms with van der Waals surface area (Å²) in [6.45, 7) is 0. The number of primary amides is 1. The molecule has 0 radical (unpaired) electrons. The average Bonchev–Trinajstić information content (AvgIpc) is 2.60. The molecule has 68 valence electrons. The van der Waals surface area contributed by atoms with Gasteiger partial charge in [0.05, 0.1) is 11.0 Å². The first-order valence-electron chi connectivity index (χ1n) is 4.01. The number of allylic oxidation sites excluding steroid dienone is 3. The molecule has 0 aromatic carbocycles. The van der Waals surface area contributed by atoms with Gasteiger partial charge < -0.3 is 10.8 Å². The van der Waals surface area contributed by atoms with Crippen LogP contribution < -0.4 is 5.73 Å². The minimum atomic E-state index is -1.04. The smallest absolute Gasteiger partial charge is 0.332 e.